The first-order valence-corrected chi connectivity index (χ1v) is 7.20. The molecule has 1 aromatic heterocycles. The molecule has 2 aliphatic heterocycles. The maximum Gasteiger partial charge on any atom is 0.274 e. The maximum absolute atomic E-state index is 12.5. The van der Waals surface area contributed by atoms with Crippen molar-refractivity contribution in [2.75, 3.05) is 26.2 Å². The number of hydrogen-bond acceptors (Lipinski definition) is 5. The largest absolute Gasteiger partial charge is 0.364 e. The number of morpholine rings is 1. The van der Waals surface area contributed by atoms with Crippen LogP contribution in [-0.2, 0) is 9.53 Å². The maximum atomic E-state index is 12.5. The molecule has 7 heteroatoms. The van der Waals surface area contributed by atoms with Crippen LogP contribution in [0.3, 0.4) is 0 Å². The molecule has 0 bridgehead atoms. The molecule has 0 aliphatic carbocycles. The monoisotopic (exact) mass is 302 g/mol. The van der Waals surface area contributed by atoms with Crippen LogP contribution >= 0.6 is 0 Å². The van der Waals surface area contributed by atoms with E-state index >= 15 is 0 Å². The molecule has 0 saturated carbocycles. The third kappa shape index (κ3) is 2.59. The summed E-state index contributed by atoms with van der Waals surface area (Å²) >= 11 is 0. The summed E-state index contributed by atoms with van der Waals surface area (Å²) in [6.07, 6.45) is 4.59. The number of hydrogen-bond donors (Lipinski definition) is 0. The second-order valence-corrected chi connectivity index (χ2v) is 5.50. The number of nitrogens with zero attached hydrogens (tertiary/aromatic N) is 4. The third-order valence-corrected chi connectivity index (χ3v) is 3.99. The lowest BCUT2D eigenvalue weighted by Gasteiger charge is -2.35. The Bertz CT molecular complexity index is 601. The van der Waals surface area contributed by atoms with Gasteiger partial charge in [0.25, 0.3) is 5.91 Å². The Morgan fingerprint density at radius 1 is 1.45 bits per heavy atom. The second kappa shape index (κ2) is 5.84. The first-order chi connectivity index (χ1) is 10.6. The zero-order chi connectivity index (χ0) is 15.7. The molecule has 22 heavy (non-hydrogen) atoms. The number of ether oxygens (including phenoxy) is 1. The van der Waals surface area contributed by atoms with Crippen LogP contribution in [0, 0.1) is 6.92 Å². The van der Waals surface area contributed by atoms with E-state index in [9.17, 15) is 9.59 Å². The van der Waals surface area contributed by atoms with Crippen LogP contribution in [0.4, 0.5) is 0 Å². The van der Waals surface area contributed by atoms with Crippen molar-refractivity contribution in [3.63, 3.8) is 0 Å². The molecule has 2 saturated heterocycles. The Hall–Kier alpha value is -2.28. The van der Waals surface area contributed by atoms with Gasteiger partial charge in [-0.3, -0.25) is 14.6 Å². The van der Waals surface area contributed by atoms with E-state index in [0.717, 1.165) is 5.69 Å². The van der Waals surface area contributed by atoms with E-state index in [1.165, 1.54) is 6.20 Å². The van der Waals surface area contributed by atoms with Crippen molar-refractivity contribution in [1.29, 1.82) is 0 Å². The van der Waals surface area contributed by atoms with E-state index < -0.39 is 0 Å². The fourth-order valence-corrected chi connectivity index (χ4v) is 2.87. The minimum Gasteiger partial charge on any atom is -0.364 e. The summed E-state index contributed by atoms with van der Waals surface area (Å²) in [5.41, 5.74) is 1.07. The van der Waals surface area contributed by atoms with Gasteiger partial charge in [0.05, 0.1) is 24.0 Å². The van der Waals surface area contributed by atoms with Crippen LogP contribution in [0.5, 0.6) is 0 Å². The van der Waals surface area contributed by atoms with E-state index in [1.807, 2.05) is 6.92 Å². The normalized spacial score (nSPS) is 24.3. The highest BCUT2D eigenvalue weighted by molar-refractivity contribution is 5.92. The van der Waals surface area contributed by atoms with Gasteiger partial charge in [-0.1, -0.05) is 6.08 Å². The van der Waals surface area contributed by atoms with E-state index in [2.05, 4.69) is 16.5 Å². The van der Waals surface area contributed by atoms with E-state index in [4.69, 9.17) is 4.74 Å². The molecule has 2 fully saturated rings. The predicted octanol–water partition coefficient (Wildman–Crippen LogP) is 0.0228. The third-order valence-electron chi connectivity index (χ3n) is 3.99. The molecule has 0 aromatic carbocycles. The summed E-state index contributed by atoms with van der Waals surface area (Å²) < 4.78 is 5.57. The SMILES string of the molecule is C=CCN1C(=O)CO[C@@H]2CN(C(=O)c3cnc(C)cn3)C[C@H]21. The molecule has 0 unspecified atom stereocenters. The van der Waals surface area contributed by atoms with E-state index in [-0.39, 0.29) is 30.6 Å². The standard InChI is InChI=1S/C15H18N4O3/c1-3-4-19-12-7-18(8-13(12)22-9-14(19)20)15(21)11-6-16-10(2)5-17-11/h3,5-6,12-13H,1,4,7-9H2,2H3/t12-,13-/m1/s1. The first kappa shape index (κ1) is 14.6. The highest BCUT2D eigenvalue weighted by Gasteiger charge is 2.44. The summed E-state index contributed by atoms with van der Waals surface area (Å²) in [6.45, 7) is 6.92. The van der Waals surface area contributed by atoms with Crippen LogP contribution in [0.2, 0.25) is 0 Å². The number of carbonyl (C=O) groups excluding carboxylic acids is 2. The molecule has 3 rings (SSSR count). The average Bonchev–Trinajstić information content (AvgIpc) is 2.95. The minimum atomic E-state index is -0.184. The van der Waals surface area contributed by atoms with Gasteiger partial charge in [-0.05, 0) is 6.92 Å². The van der Waals surface area contributed by atoms with E-state index in [1.54, 1.807) is 22.1 Å². The van der Waals surface area contributed by atoms with Gasteiger partial charge in [-0.25, -0.2) is 4.98 Å². The van der Waals surface area contributed by atoms with Gasteiger partial charge in [-0.2, -0.15) is 0 Å². The Morgan fingerprint density at radius 2 is 2.27 bits per heavy atom. The first-order valence-electron chi connectivity index (χ1n) is 7.20. The second-order valence-electron chi connectivity index (χ2n) is 5.50. The summed E-state index contributed by atoms with van der Waals surface area (Å²) in [4.78, 5) is 36.1. The summed E-state index contributed by atoms with van der Waals surface area (Å²) in [5.74, 6) is -0.248. The van der Waals surface area contributed by atoms with Crippen molar-refractivity contribution in [2.24, 2.45) is 0 Å². The lowest BCUT2D eigenvalue weighted by molar-refractivity contribution is -0.151. The molecule has 0 spiro atoms. The van der Waals surface area contributed by atoms with E-state index in [0.29, 0.717) is 25.3 Å². The fraction of sp³-hybridized carbons (Fsp3) is 0.467. The van der Waals surface area contributed by atoms with Crippen molar-refractivity contribution in [3.8, 4) is 0 Å². The lowest BCUT2D eigenvalue weighted by Crippen LogP contribution is -2.53. The van der Waals surface area contributed by atoms with Crippen LogP contribution < -0.4 is 0 Å². The average molecular weight is 302 g/mol. The van der Waals surface area contributed by atoms with Crippen LogP contribution in [0.15, 0.2) is 25.0 Å². The number of aromatic nitrogens is 2. The quantitative estimate of drug-likeness (QED) is 0.736. The van der Waals surface area contributed by atoms with Gasteiger partial charge in [-0.15, -0.1) is 6.58 Å². The van der Waals surface area contributed by atoms with Gasteiger partial charge >= 0.3 is 0 Å². The van der Waals surface area contributed by atoms with Crippen molar-refractivity contribution >= 4 is 11.8 Å². The zero-order valence-electron chi connectivity index (χ0n) is 12.4. The highest BCUT2D eigenvalue weighted by atomic mass is 16.5. The Balaban J connectivity index is 1.75. The zero-order valence-corrected chi connectivity index (χ0v) is 12.4. The molecule has 2 atom stereocenters. The summed E-state index contributed by atoms with van der Waals surface area (Å²) in [5, 5.41) is 0. The molecule has 0 radical (unpaired) electrons. The molecular formula is C15H18N4O3. The minimum absolute atomic E-state index is 0.0569. The Morgan fingerprint density at radius 3 is 2.95 bits per heavy atom. The van der Waals surface area contributed by atoms with Crippen molar-refractivity contribution in [1.82, 2.24) is 19.8 Å². The summed E-state index contributed by atoms with van der Waals surface area (Å²) in [7, 11) is 0. The van der Waals surface area contributed by atoms with Gasteiger partial charge in [0.15, 0.2) is 0 Å². The van der Waals surface area contributed by atoms with Crippen molar-refractivity contribution in [3.05, 3.63) is 36.4 Å². The predicted molar refractivity (Wildman–Crippen MR) is 78.1 cm³/mol. The van der Waals surface area contributed by atoms with Crippen molar-refractivity contribution < 1.29 is 14.3 Å². The molecule has 7 nitrogen and oxygen atoms in total. The number of aryl methyl sites for hydroxylation is 1. The molecule has 2 amide bonds. The lowest BCUT2D eigenvalue weighted by atomic mass is 10.1. The molecule has 2 aliphatic rings. The van der Waals surface area contributed by atoms with Gasteiger partial charge in [0, 0.05) is 25.8 Å². The fourth-order valence-electron chi connectivity index (χ4n) is 2.87. The highest BCUT2D eigenvalue weighted by Crippen LogP contribution is 2.24. The molecule has 3 heterocycles. The smallest absolute Gasteiger partial charge is 0.274 e. The Kier molecular flexibility index (Phi) is 3.89. The number of carbonyl (C=O) groups is 2. The molecule has 116 valence electrons. The number of rotatable bonds is 3. The van der Waals surface area contributed by atoms with Crippen LogP contribution in [0.1, 0.15) is 16.2 Å². The summed E-state index contributed by atoms with van der Waals surface area (Å²) in [6, 6.07) is -0.124. The van der Waals surface area contributed by atoms with Gasteiger partial charge in [0.1, 0.15) is 12.3 Å². The Labute approximate surface area is 128 Å². The number of amides is 2. The number of fused-ring (bicyclic) bond motifs is 1. The molecular weight excluding hydrogens is 284 g/mol. The molecule has 0 N–H and O–H groups in total. The molecule has 1 aromatic rings. The van der Waals surface area contributed by atoms with Crippen molar-refractivity contribution in [2.45, 2.75) is 19.1 Å². The van der Waals surface area contributed by atoms with Crippen LogP contribution in [0.25, 0.3) is 0 Å². The van der Waals surface area contributed by atoms with Crippen LogP contribution in [-0.4, -0.2) is 70.0 Å². The number of likely N-dealkylation sites (tertiary alicyclic amines) is 1. The van der Waals surface area contributed by atoms with Gasteiger partial charge < -0.3 is 14.5 Å². The topological polar surface area (TPSA) is 75.6 Å². The van der Waals surface area contributed by atoms with Gasteiger partial charge in [0.2, 0.25) is 5.91 Å².